The smallest absolute Gasteiger partial charge is 0.161 e. The van der Waals surface area contributed by atoms with E-state index in [0.717, 1.165) is 42.1 Å². The van der Waals surface area contributed by atoms with Gasteiger partial charge in [-0.15, -0.1) is 0 Å². The van der Waals surface area contributed by atoms with Gasteiger partial charge in [0.1, 0.15) is 12.4 Å². The molecule has 3 aromatic rings. The first-order valence-corrected chi connectivity index (χ1v) is 10.9. The van der Waals surface area contributed by atoms with Crippen LogP contribution in [0.3, 0.4) is 0 Å². The highest BCUT2D eigenvalue weighted by Crippen LogP contribution is 2.43. The van der Waals surface area contributed by atoms with Crippen molar-refractivity contribution in [1.82, 2.24) is 4.90 Å². The van der Waals surface area contributed by atoms with E-state index in [9.17, 15) is 4.79 Å². The van der Waals surface area contributed by atoms with Gasteiger partial charge in [-0.3, -0.25) is 9.69 Å². The van der Waals surface area contributed by atoms with Gasteiger partial charge < -0.3 is 9.47 Å². The van der Waals surface area contributed by atoms with Gasteiger partial charge in [0.2, 0.25) is 0 Å². The van der Waals surface area contributed by atoms with Crippen LogP contribution in [0.25, 0.3) is 0 Å². The topological polar surface area (TPSA) is 38.8 Å². The first kappa shape index (κ1) is 19.8. The van der Waals surface area contributed by atoms with Crippen LogP contribution in [0.4, 0.5) is 0 Å². The van der Waals surface area contributed by atoms with Gasteiger partial charge in [-0.25, -0.2) is 0 Å². The van der Waals surface area contributed by atoms with Crippen LogP contribution in [0.2, 0.25) is 0 Å². The minimum atomic E-state index is -0.0330. The minimum Gasteiger partial charge on any atom is -0.493 e. The molecule has 2 aliphatic heterocycles. The number of hydrogen-bond acceptors (Lipinski definition) is 4. The standard InChI is InChI=1S/C27H27NO3/c1-30-26-15-22-21(14-27(26)31-18-19-8-4-2-5-9-19)12-13-28-17-23(25(29)16-24(22)28)20-10-6-3-7-11-20/h2-11,14-15,23-24H,12-13,16-18H2,1H3/t23-,24+/m0/s1. The fourth-order valence-corrected chi connectivity index (χ4v) is 4.87. The number of benzene rings is 3. The molecule has 0 radical (unpaired) electrons. The third kappa shape index (κ3) is 3.96. The van der Waals surface area contributed by atoms with Gasteiger partial charge in [0.25, 0.3) is 0 Å². The van der Waals surface area contributed by atoms with Crippen LogP contribution in [-0.4, -0.2) is 30.9 Å². The van der Waals surface area contributed by atoms with E-state index in [1.807, 2.05) is 36.4 Å². The first-order chi connectivity index (χ1) is 15.2. The molecule has 4 heteroatoms. The van der Waals surface area contributed by atoms with Crippen molar-refractivity contribution in [2.24, 2.45) is 0 Å². The molecule has 2 atom stereocenters. The lowest BCUT2D eigenvalue weighted by Gasteiger charge is -2.43. The van der Waals surface area contributed by atoms with Gasteiger partial charge in [-0.1, -0.05) is 60.7 Å². The first-order valence-electron chi connectivity index (χ1n) is 10.9. The van der Waals surface area contributed by atoms with Crippen LogP contribution in [0.15, 0.2) is 72.8 Å². The van der Waals surface area contributed by atoms with Crippen molar-refractivity contribution in [2.45, 2.75) is 31.4 Å². The summed E-state index contributed by atoms with van der Waals surface area (Å²) in [6.45, 7) is 2.24. The van der Waals surface area contributed by atoms with Gasteiger partial charge in [-0.2, -0.15) is 0 Å². The molecular formula is C27H27NO3. The molecule has 2 aliphatic rings. The van der Waals surface area contributed by atoms with Crippen LogP contribution in [0, 0.1) is 0 Å². The number of nitrogens with zero attached hydrogens (tertiary/aromatic N) is 1. The summed E-state index contributed by atoms with van der Waals surface area (Å²) in [4.78, 5) is 15.5. The van der Waals surface area contributed by atoms with Crippen molar-refractivity contribution in [3.05, 3.63) is 95.1 Å². The Bertz CT molecular complexity index is 1060. The zero-order chi connectivity index (χ0) is 21.2. The number of piperidine rings is 1. The van der Waals surface area contributed by atoms with E-state index in [1.165, 1.54) is 11.1 Å². The summed E-state index contributed by atoms with van der Waals surface area (Å²) < 4.78 is 11.8. The summed E-state index contributed by atoms with van der Waals surface area (Å²) in [5.41, 5.74) is 4.71. The third-order valence-electron chi connectivity index (χ3n) is 6.53. The Morgan fingerprint density at radius 3 is 2.45 bits per heavy atom. The van der Waals surface area contributed by atoms with Crippen LogP contribution < -0.4 is 9.47 Å². The van der Waals surface area contributed by atoms with Gasteiger partial charge in [-0.05, 0) is 40.8 Å². The zero-order valence-electron chi connectivity index (χ0n) is 17.8. The average molecular weight is 414 g/mol. The lowest BCUT2D eigenvalue weighted by atomic mass is 9.80. The van der Waals surface area contributed by atoms with E-state index in [0.29, 0.717) is 18.8 Å². The maximum atomic E-state index is 13.1. The molecule has 5 rings (SSSR count). The van der Waals surface area contributed by atoms with Crippen molar-refractivity contribution in [3.8, 4) is 11.5 Å². The summed E-state index contributed by atoms with van der Waals surface area (Å²) in [6.07, 6.45) is 1.49. The molecule has 4 nitrogen and oxygen atoms in total. The van der Waals surface area contributed by atoms with Crippen LogP contribution in [0.5, 0.6) is 11.5 Å². The molecular weight excluding hydrogens is 386 g/mol. The molecule has 0 aliphatic carbocycles. The molecule has 3 aromatic carbocycles. The number of carbonyl (C=O) groups is 1. The van der Waals surface area contributed by atoms with Crippen LogP contribution >= 0.6 is 0 Å². The predicted molar refractivity (Wildman–Crippen MR) is 121 cm³/mol. The highest BCUT2D eigenvalue weighted by atomic mass is 16.5. The second kappa shape index (κ2) is 8.56. The number of methoxy groups -OCH3 is 1. The summed E-state index contributed by atoms with van der Waals surface area (Å²) in [5.74, 6) is 1.79. The molecule has 158 valence electrons. The number of Topliss-reactive ketones (excluding diaryl/α,β-unsaturated/α-hetero) is 1. The Balaban J connectivity index is 1.39. The van der Waals surface area contributed by atoms with Gasteiger partial charge in [0.05, 0.1) is 13.0 Å². The summed E-state index contributed by atoms with van der Waals surface area (Å²) >= 11 is 0. The van der Waals surface area contributed by atoms with E-state index in [1.54, 1.807) is 7.11 Å². The second-order valence-electron chi connectivity index (χ2n) is 8.37. The largest absolute Gasteiger partial charge is 0.493 e. The van der Waals surface area contributed by atoms with E-state index in [2.05, 4.69) is 41.3 Å². The van der Waals surface area contributed by atoms with Crippen molar-refractivity contribution < 1.29 is 14.3 Å². The third-order valence-corrected chi connectivity index (χ3v) is 6.53. The predicted octanol–water partition coefficient (Wildman–Crippen LogP) is 4.93. The number of fused-ring (bicyclic) bond motifs is 3. The molecule has 31 heavy (non-hydrogen) atoms. The molecule has 0 N–H and O–H groups in total. The number of carbonyl (C=O) groups excluding carboxylic acids is 1. The Hall–Kier alpha value is -3.11. The number of ketones is 1. The maximum Gasteiger partial charge on any atom is 0.161 e. The van der Waals surface area contributed by atoms with Crippen molar-refractivity contribution in [1.29, 1.82) is 0 Å². The molecule has 0 saturated carbocycles. The van der Waals surface area contributed by atoms with E-state index < -0.39 is 0 Å². The monoisotopic (exact) mass is 413 g/mol. The summed E-state index contributed by atoms with van der Waals surface area (Å²) in [5, 5.41) is 0. The maximum absolute atomic E-state index is 13.1. The highest BCUT2D eigenvalue weighted by molar-refractivity contribution is 5.87. The average Bonchev–Trinajstić information content (AvgIpc) is 2.83. The minimum absolute atomic E-state index is 0.0330. The number of rotatable bonds is 5. The fourth-order valence-electron chi connectivity index (χ4n) is 4.87. The van der Waals surface area contributed by atoms with Crippen molar-refractivity contribution >= 4 is 5.78 Å². The fraction of sp³-hybridized carbons (Fsp3) is 0.296. The molecule has 1 saturated heterocycles. The molecule has 0 unspecified atom stereocenters. The molecule has 0 aromatic heterocycles. The number of ether oxygens (including phenoxy) is 2. The van der Waals surface area contributed by atoms with Crippen molar-refractivity contribution in [2.75, 3.05) is 20.2 Å². The van der Waals surface area contributed by atoms with Gasteiger partial charge in [0, 0.05) is 25.6 Å². The Morgan fingerprint density at radius 2 is 1.71 bits per heavy atom. The van der Waals surface area contributed by atoms with Crippen molar-refractivity contribution in [3.63, 3.8) is 0 Å². The Labute approximate surface area is 183 Å². The summed E-state index contributed by atoms with van der Waals surface area (Å²) in [6, 6.07) is 24.6. The lowest BCUT2D eigenvalue weighted by molar-refractivity contribution is -0.125. The second-order valence-corrected chi connectivity index (χ2v) is 8.37. The van der Waals surface area contributed by atoms with Crippen LogP contribution in [-0.2, 0) is 17.8 Å². The van der Waals surface area contributed by atoms with E-state index in [4.69, 9.17) is 9.47 Å². The number of hydrogen-bond donors (Lipinski definition) is 0. The van der Waals surface area contributed by atoms with Gasteiger partial charge >= 0.3 is 0 Å². The molecule has 2 heterocycles. The van der Waals surface area contributed by atoms with E-state index >= 15 is 0 Å². The SMILES string of the molecule is COc1cc2c(cc1OCc1ccccc1)CCN1C[C@@H](c3ccccc3)C(=O)C[C@H]21. The molecule has 0 bridgehead atoms. The zero-order valence-corrected chi connectivity index (χ0v) is 17.8. The van der Waals surface area contributed by atoms with E-state index in [-0.39, 0.29) is 12.0 Å². The quantitative estimate of drug-likeness (QED) is 0.595. The lowest BCUT2D eigenvalue weighted by Crippen LogP contribution is -2.45. The molecule has 0 amide bonds. The van der Waals surface area contributed by atoms with Gasteiger partial charge in [0.15, 0.2) is 11.5 Å². The molecule has 1 fully saturated rings. The summed E-state index contributed by atoms with van der Waals surface area (Å²) in [7, 11) is 1.68. The van der Waals surface area contributed by atoms with Crippen LogP contribution in [0.1, 0.15) is 40.6 Å². The highest BCUT2D eigenvalue weighted by Gasteiger charge is 2.39. The Kier molecular flexibility index (Phi) is 5.47. The Morgan fingerprint density at radius 1 is 0.968 bits per heavy atom. The molecule has 0 spiro atoms. The normalized spacial score (nSPS) is 20.6.